The first kappa shape index (κ1) is 22.4. The lowest BCUT2D eigenvalue weighted by atomic mass is 10.3. The van der Waals surface area contributed by atoms with Crippen molar-refractivity contribution in [1.29, 1.82) is 0 Å². The molecule has 0 spiro atoms. The van der Waals surface area contributed by atoms with Gasteiger partial charge in [-0.1, -0.05) is 48.5 Å². The van der Waals surface area contributed by atoms with Crippen molar-refractivity contribution in [3.8, 4) is 11.5 Å². The van der Waals surface area contributed by atoms with E-state index in [0.29, 0.717) is 11.5 Å². The molecule has 0 aliphatic carbocycles. The maximum Gasteiger partial charge on any atom is 0.464 e. The fourth-order valence-corrected chi connectivity index (χ4v) is 4.74. The van der Waals surface area contributed by atoms with Gasteiger partial charge in [0.2, 0.25) is 10.0 Å². The van der Waals surface area contributed by atoms with E-state index in [9.17, 15) is 17.8 Å². The van der Waals surface area contributed by atoms with Crippen LogP contribution in [0.1, 0.15) is 6.92 Å². The summed E-state index contributed by atoms with van der Waals surface area (Å²) in [5, 5.41) is 2.48. The molecule has 0 atom stereocenters. The summed E-state index contributed by atoms with van der Waals surface area (Å²) in [6.07, 6.45) is 0. The summed E-state index contributed by atoms with van der Waals surface area (Å²) in [5.41, 5.74) is 0.0847. The lowest BCUT2D eigenvalue weighted by Gasteiger charge is -2.22. The van der Waals surface area contributed by atoms with Gasteiger partial charge in [0.05, 0.1) is 11.4 Å². The molecule has 8 nitrogen and oxygen atoms in total. The van der Waals surface area contributed by atoms with Gasteiger partial charge in [0.1, 0.15) is 16.8 Å². The number of hydrogen-bond acceptors (Lipinski definition) is 6. The second-order valence-electron chi connectivity index (χ2n) is 6.28. The van der Waals surface area contributed by atoms with Crippen molar-refractivity contribution in [3.05, 3.63) is 84.9 Å². The Kier molecular flexibility index (Phi) is 6.99. The lowest BCUT2D eigenvalue weighted by molar-refractivity contribution is 0.256. The number of benzene rings is 3. The van der Waals surface area contributed by atoms with Gasteiger partial charge in [0, 0.05) is 0 Å². The quantitative estimate of drug-likeness (QED) is 0.489. The summed E-state index contributed by atoms with van der Waals surface area (Å²) in [7, 11) is -7.84. The van der Waals surface area contributed by atoms with Gasteiger partial charge in [-0.2, -0.15) is 0 Å². The molecule has 0 aliphatic heterocycles. The number of amides is 2. The molecule has 3 aromatic rings. The molecule has 31 heavy (non-hydrogen) atoms. The van der Waals surface area contributed by atoms with Gasteiger partial charge in [0.15, 0.2) is 0 Å². The van der Waals surface area contributed by atoms with E-state index in [4.69, 9.17) is 9.05 Å². The standard InChI is InChI=1S/C21H21N2O6PS/c1-2-31(26,27)23-21(24)22-19-15-9-10-16-20(19)30(25,28-17-11-5-3-6-12-17)29-18-13-7-4-8-14-18/h3-16H,2H2,1H3,(H2,22,23,24). The molecule has 0 aromatic heterocycles. The monoisotopic (exact) mass is 460 g/mol. The number of rotatable bonds is 8. The number of hydrogen-bond donors (Lipinski definition) is 2. The highest BCUT2D eigenvalue weighted by molar-refractivity contribution is 7.90. The van der Waals surface area contributed by atoms with Crippen molar-refractivity contribution < 1.29 is 26.8 Å². The summed E-state index contributed by atoms with van der Waals surface area (Å²) in [4.78, 5) is 12.2. The third kappa shape index (κ3) is 6.10. The van der Waals surface area contributed by atoms with Crippen LogP contribution in [0.4, 0.5) is 10.5 Å². The van der Waals surface area contributed by atoms with Gasteiger partial charge in [-0.15, -0.1) is 0 Å². The van der Waals surface area contributed by atoms with Crippen molar-refractivity contribution in [2.75, 3.05) is 11.1 Å². The molecular weight excluding hydrogens is 439 g/mol. The van der Waals surface area contributed by atoms with E-state index in [1.165, 1.54) is 19.1 Å². The van der Waals surface area contributed by atoms with E-state index in [0.717, 1.165) is 0 Å². The van der Waals surface area contributed by atoms with Crippen LogP contribution in [0.25, 0.3) is 0 Å². The zero-order valence-electron chi connectivity index (χ0n) is 16.6. The molecule has 3 rings (SSSR count). The topological polar surface area (TPSA) is 111 Å². The maximum atomic E-state index is 14.0. The fraction of sp³-hybridized carbons (Fsp3) is 0.0952. The Hall–Kier alpha value is -3.29. The second kappa shape index (κ2) is 9.68. The van der Waals surface area contributed by atoms with E-state index in [1.807, 2.05) is 4.72 Å². The first-order valence-electron chi connectivity index (χ1n) is 9.32. The number of urea groups is 1. The Labute approximate surface area is 180 Å². The molecule has 10 heteroatoms. The third-order valence-corrected chi connectivity index (χ3v) is 7.15. The number of nitrogens with one attached hydrogen (secondary N) is 2. The Morgan fingerprint density at radius 1 is 0.839 bits per heavy atom. The van der Waals surface area contributed by atoms with Crippen LogP contribution < -0.4 is 24.4 Å². The summed E-state index contributed by atoms with van der Waals surface area (Å²) in [5.74, 6) is 0.332. The number of carbonyl (C=O) groups is 1. The van der Waals surface area contributed by atoms with Crippen LogP contribution in [0.3, 0.4) is 0 Å². The zero-order chi connectivity index (χ0) is 22.3. The van der Waals surface area contributed by atoms with Crippen LogP contribution in [-0.2, 0) is 14.6 Å². The van der Waals surface area contributed by atoms with Gasteiger partial charge in [-0.25, -0.2) is 22.5 Å². The average Bonchev–Trinajstić information content (AvgIpc) is 2.75. The molecule has 0 radical (unpaired) electrons. The molecule has 0 saturated carbocycles. The van der Waals surface area contributed by atoms with Crippen molar-refractivity contribution in [2.24, 2.45) is 0 Å². The lowest BCUT2D eigenvalue weighted by Crippen LogP contribution is -2.36. The summed E-state index contributed by atoms with van der Waals surface area (Å²) < 4.78 is 50.8. The van der Waals surface area contributed by atoms with E-state index >= 15 is 0 Å². The number of anilines is 1. The predicted molar refractivity (Wildman–Crippen MR) is 119 cm³/mol. The molecule has 0 aliphatic rings. The Morgan fingerprint density at radius 2 is 1.32 bits per heavy atom. The molecule has 3 aromatic carbocycles. The van der Waals surface area contributed by atoms with Crippen molar-refractivity contribution in [1.82, 2.24) is 4.72 Å². The Balaban J connectivity index is 1.99. The predicted octanol–water partition coefficient (Wildman–Crippen LogP) is 4.13. The van der Waals surface area contributed by atoms with Crippen LogP contribution in [0.2, 0.25) is 0 Å². The fourth-order valence-electron chi connectivity index (χ4n) is 2.54. The molecule has 0 fully saturated rings. The first-order valence-corrected chi connectivity index (χ1v) is 12.5. The number of carbonyl (C=O) groups excluding carboxylic acids is 1. The largest absolute Gasteiger partial charge is 0.464 e. The van der Waals surface area contributed by atoms with E-state index < -0.39 is 23.7 Å². The highest BCUT2D eigenvalue weighted by atomic mass is 32.2. The summed E-state index contributed by atoms with van der Waals surface area (Å²) in [6.45, 7) is 1.40. The minimum absolute atomic E-state index is 0.0618. The summed E-state index contributed by atoms with van der Waals surface area (Å²) in [6, 6.07) is 22.1. The van der Waals surface area contributed by atoms with Crippen LogP contribution in [0.5, 0.6) is 11.5 Å². The number of para-hydroxylation sites is 3. The minimum atomic E-state index is -4.06. The molecule has 2 N–H and O–H groups in total. The zero-order valence-corrected chi connectivity index (χ0v) is 18.3. The smallest absolute Gasteiger partial charge is 0.413 e. The average molecular weight is 460 g/mol. The van der Waals surface area contributed by atoms with E-state index in [1.54, 1.807) is 72.8 Å². The van der Waals surface area contributed by atoms with Crippen molar-refractivity contribution >= 4 is 34.6 Å². The van der Waals surface area contributed by atoms with Crippen LogP contribution in [0.15, 0.2) is 84.9 Å². The highest BCUT2D eigenvalue weighted by Gasteiger charge is 2.34. The van der Waals surface area contributed by atoms with Gasteiger partial charge in [0.25, 0.3) is 0 Å². The van der Waals surface area contributed by atoms with Gasteiger partial charge in [-0.3, -0.25) is 0 Å². The SMILES string of the molecule is CCS(=O)(=O)NC(=O)Nc1ccccc1P(=O)(Oc1ccccc1)Oc1ccccc1. The molecule has 162 valence electrons. The van der Waals surface area contributed by atoms with Crippen molar-refractivity contribution in [2.45, 2.75) is 6.92 Å². The Bertz CT molecular complexity index is 1140. The highest BCUT2D eigenvalue weighted by Crippen LogP contribution is 2.49. The minimum Gasteiger partial charge on any atom is -0.413 e. The molecule has 2 amide bonds. The van der Waals surface area contributed by atoms with Crippen LogP contribution >= 0.6 is 7.60 Å². The molecule has 0 unspecified atom stereocenters. The van der Waals surface area contributed by atoms with Gasteiger partial charge >= 0.3 is 13.6 Å². The van der Waals surface area contributed by atoms with Gasteiger partial charge in [-0.05, 0) is 43.3 Å². The van der Waals surface area contributed by atoms with Crippen molar-refractivity contribution in [3.63, 3.8) is 0 Å². The Morgan fingerprint density at radius 3 is 1.84 bits per heavy atom. The van der Waals surface area contributed by atoms with Crippen LogP contribution in [0, 0.1) is 0 Å². The molecular formula is C21H21N2O6PS. The molecule has 0 heterocycles. The van der Waals surface area contributed by atoms with Gasteiger partial charge < -0.3 is 14.4 Å². The number of sulfonamides is 1. The second-order valence-corrected chi connectivity index (χ2v) is 10.1. The van der Waals surface area contributed by atoms with E-state index in [-0.39, 0.29) is 16.7 Å². The first-order chi connectivity index (χ1) is 14.8. The molecule has 0 bridgehead atoms. The van der Waals surface area contributed by atoms with E-state index in [2.05, 4.69) is 5.32 Å². The summed E-state index contributed by atoms with van der Waals surface area (Å²) >= 11 is 0. The molecule has 0 saturated heterocycles. The third-order valence-electron chi connectivity index (χ3n) is 4.01. The normalized spacial score (nSPS) is 11.4. The maximum absolute atomic E-state index is 14.0. The van der Waals surface area contributed by atoms with Crippen LogP contribution in [-0.4, -0.2) is 20.2 Å².